The molecule has 0 fully saturated rings. The van der Waals surface area contributed by atoms with Crippen LogP contribution in [0.4, 0.5) is 5.82 Å². The van der Waals surface area contributed by atoms with Gasteiger partial charge in [0.25, 0.3) is 0 Å². The van der Waals surface area contributed by atoms with Crippen molar-refractivity contribution in [1.82, 2.24) is 9.97 Å². The van der Waals surface area contributed by atoms with Gasteiger partial charge < -0.3 is 10.1 Å². The zero-order valence-electron chi connectivity index (χ0n) is 12.0. The number of nitrogens with zero attached hydrogens (tertiary/aromatic N) is 2. The van der Waals surface area contributed by atoms with Crippen molar-refractivity contribution in [2.24, 2.45) is 0 Å². The van der Waals surface area contributed by atoms with Gasteiger partial charge in [-0.05, 0) is 24.6 Å². The second-order valence-electron chi connectivity index (χ2n) is 5.05. The second-order valence-corrected chi connectivity index (χ2v) is 5.49. The van der Waals surface area contributed by atoms with E-state index in [4.69, 9.17) is 21.3 Å². The Balaban J connectivity index is 1.93. The number of nitrogens with one attached hydrogen (secondary N) is 1. The van der Waals surface area contributed by atoms with Crippen molar-refractivity contribution in [3.05, 3.63) is 51.9 Å². The van der Waals surface area contributed by atoms with Crippen molar-refractivity contribution in [3.63, 3.8) is 0 Å². The van der Waals surface area contributed by atoms with Gasteiger partial charge >= 0.3 is 0 Å². The molecule has 5 heteroatoms. The molecule has 110 valence electrons. The van der Waals surface area contributed by atoms with Gasteiger partial charge in [0.2, 0.25) is 0 Å². The van der Waals surface area contributed by atoms with Crippen LogP contribution in [-0.2, 0) is 24.2 Å². The molecule has 1 aliphatic heterocycles. The molecule has 1 aliphatic rings. The Hall–Kier alpha value is -1.65. The highest BCUT2D eigenvalue weighted by molar-refractivity contribution is 6.30. The number of halogens is 1. The molecule has 0 spiro atoms. The molecule has 0 saturated heterocycles. The van der Waals surface area contributed by atoms with Crippen LogP contribution in [-0.4, -0.2) is 23.1 Å². The number of aromatic nitrogens is 2. The molecule has 0 atom stereocenters. The Morgan fingerprint density at radius 2 is 2.24 bits per heavy atom. The van der Waals surface area contributed by atoms with E-state index in [1.807, 2.05) is 24.3 Å². The average Bonchev–Trinajstić information content (AvgIpc) is 2.47. The van der Waals surface area contributed by atoms with Crippen LogP contribution >= 0.6 is 11.6 Å². The number of hydrogen-bond acceptors (Lipinski definition) is 4. The molecule has 0 bridgehead atoms. The Kier molecular flexibility index (Phi) is 4.36. The molecule has 1 aromatic heterocycles. The van der Waals surface area contributed by atoms with Crippen molar-refractivity contribution < 1.29 is 4.74 Å². The summed E-state index contributed by atoms with van der Waals surface area (Å²) in [5.41, 5.74) is 3.32. The lowest BCUT2D eigenvalue weighted by atomic mass is 10.1. The molecule has 0 saturated carbocycles. The second kappa shape index (κ2) is 6.41. The number of rotatable bonds is 4. The van der Waals surface area contributed by atoms with Gasteiger partial charge in [-0.1, -0.05) is 23.7 Å². The van der Waals surface area contributed by atoms with Gasteiger partial charge in [0.05, 0.1) is 18.9 Å². The van der Waals surface area contributed by atoms with Gasteiger partial charge in [-0.3, -0.25) is 0 Å². The van der Waals surface area contributed by atoms with Crippen LogP contribution in [0.5, 0.6) is 0 Å². The first kappa shape index (κ1) is 14.3. The highest BCUT2D eigenvalue weighted by Crippen LogP contribution is 2.23. The molecule has 3 rings (SSSR count). The molecule has 2 heterocycles. The lowest BCUT2D eigenvalue weighted by Gasteiger charge is -2.20. The van der Waals surface area contributed by atoms with E-state index < -0.39 is 0 Å². The molecular formula is C16H18ClN3O. The van der Waals surface area contributed by atoms with Crippen LogP contribution in [0.3, 0.4) is 0 Å². The summed E-state index contributed by atoms with van der Waals surface area (Å²) < 4.78 is 5.52. The molecule has 0 unspecified atom stereocenters. The molecule has 1 aromatic carbocycles. The largest absolute Gasteiger partial charge is 0.376 e. The first-order valence-electron chi connectivity index (χ1n) is 7.21. The average molecular weight is 304 g/mol. The predicted octanol–water partition coefficient (Wildman–Crippen LogP) is 3.23. The third-order valence-electron chi connectivity index (χ3n) is 3.46. The number of fused-ring (bicyclic) bond motifs is 1. The summed E-state index contributed by atoms with van der Waals surface area (Å²) >= 11 is 6.04. The quantitative estimate of drug-likeness (QED) is 0.942. The van der Waals surface area contributed by atoms with Gasteiger partial charge in [-0.15, -0.1) is 0 Å². The maximum Gasteiger partial charge on any atom is 0.135 e. The van der Waals surface area contributed by atoms with Gasteiger partial charge in [0.15, 0.2) is 0 Å². The molecule has 2 aromatic rings. The van der Waals surface area contributed by atoms with Gasteiger partial charge in [0.1, 0.15) is 11.6 Å². The predicted molar refractivity (Wildman–Crippen MR) is 83.8 cm³/mol. The monoisotopic (exact) mass is 303 g/mol. The fourth-order valence-corrected chi connectivity index (χ4v) is 2.72. The fraction of sp³-hybridized carbons (Fsp3) is 0.375. The normalized spacial score (nSPS) is 13.8. The highest BCUT2D eigenvalue weighted by Gasteiger charge is 2.18. The van der Waals surface area contributed by atoms with Gasteiger partial charge in [-0.2, -0.15) is 0 Å². The SMILES string of the molecule is CCNc1nc(Cc2cccc(Cl)c2)nc2c1COCC2. The lowest BCUT2D eigenvalue weighted by Crippen LogP contribution is -2.18. The smallest absolute Gasteiger partial charge is 0.135 e. The first-order chi connectivity index (χ1) is 10.3. The van der Waals surface area contributed by atoms with Crippen LogP contribution in [0.25, 0.3) is 0 Å². The van der Waals surface area contributed by atoms with Crippen molar-refractivity contribution in [2.75, 3.05) is 18.5 Å². The Bertz CT molecular complexity index is 645. The molecule has 21 heavy (non-hydrogen) atoms. The molecule has 0 aliphatic carbocycles. The summed E-state index contributed by atoms with van der Waals surface area (Å²) in [5.74, 6) is 1.73. The Morgan fingerprint density at radius 3 is 3.05 bits per heavy atom. The fourth-order valence-electron chi connectivity index (χ4n) is 2.51. The summed E-state index contributed by atoms with van der Waals surface area (Å²) in [6.45, 7) is 4.22. The van der Waals surface area contributed by atoms with E-state index in [2.05, 4.69) is 17.2 Å². The topological polar surface area (TPSA) is 47.0 Å². The van der Waals surface area contributed by atoms with E-state index in [9.17, 15) is 0 Å². The van der Waals surface area contributed by atoms with Crippen molar-refractivity contribution in [3.8, 4) is 0 Å². The minimum atomic E-state index is 0.592. The van der Waals surface area contributed by atoms with Crippen LogP contribution in [0.2, 0.25) is 5.02 Å². The maximum absolute atomic E-state index is 6.04. The molecular weight excluding hydrogens is 286 g/mol. The summed E-state index contributed by atoms with van der Waals surface area (Å²) in [6.07, 6.45) is 1.53. The summed E-state index contributed by atoms with van der Waals surface area (Å²) in [6, 6.07) is 7.83. The number of benzene rings is 1. The zero-order chi connectivity index (χ0) is 14.7. The molecule has 1 N–H and O–H groups in total. The van der Waals surface area contributed by atoms with Gasteiger partial charge in [0, 0.05) is 30.0 Å². The standard InChI is InChI=1S/C16H18ClN3O/c1-2-18-16-13-10-21-7-6-14(13)19-15(20-16)9-11-4-3-5-12(17)8-11/h3-5,8H,2,6-7,9-10H2,1H3,(H,18,19,20). The van der Waals surface area contributed by atoms with Crippen molar-refractivity contribution in [1.29, 1.82) is 0 Å². The summed E-state index contributed by atoms with van der Waals surface area (Å²) in [4.78, 5) is 9.36. The first-order valence-corrected chi connectivity index (χ1v) is 7.58. The van der Waals surface area contributed by atoms with Crippen LogP contribution in [0.15, 0.2) is 24.3 Å². The minimum absolute atomic E-state index is 0.592. The van der Waals surface area contributed by atoms with Crippen LogP contribution < -0.4 is 5.32 Å². The van der Waals surface area contributed by atoms with E-state index in [0.29, 0.717) is 13.0 Å². The lowest BCUT2D eigenvalue weighted by molar-refractivity contribution is 0.109. The summed E-state index contributed by atoms with van der Waals surface area (Å²) in [7, 11) is 0. The third kappa shape index (κ3) is 3.34. The van der Waals surface area contributed by atoms with E-state index in [-0.39, 0.29) is 0 Å². The third-order valence-corrected chi connectivity index (χ3v) is 3.70. The van der Waals surface area contributed by atoms with E-state index in [0.717, 1.165) is 53.1 Å². The molecule has 0 amide bonds. The van der Waals surface area contributed by atoms with E-state index >= 15 is 0 Å². The van der Waals surface area contributed by atoms with Gasteiger partial charge in [-0.25, -0.2) is 9.97 Å². The number of hydrogen-bond donors (Lipinski definition) is 1. The summed E-state index contributed by atoms with van der Waals surface area (Å²) in [5, 5.41) is 4.06. The Morgan fingerprint density at radius 1 is 1.33 bits per heavy atom. The van der Waals surface area contributed by atoms with Crippen molar-refractivity contribution in [2.45, 2.75) is 26.4 Å². The maximum atomic E-state index is 6.04. The Labute approximate surface area is 129 Å². The number of ether oxygens (including phenoxy) is 1. The molecule has 0 radical (unpaired) electrons. The highest BCUT2D eigenvalue weighted by atomic mass is 35.5. The van der Waals surface area contributed by atoms with Crippen LogP contribution in [0, 0.1) is 0 Å². The molecule has 4 nitrogen and oxygen atoms in total. The van der Waals surface area contributed by atoms with E-state index in [1.54, 1.807) is 0 Å². The van der Waals surface area contributed by atoms with Crippen LogP contribution in [0.1, 0.15) is 29.6 Å². The number of anilines is 1. The van der Waals surface area contributed by atoms with E-state index in [1.165, 1.54) is 0 Å². The van der Waals surface area contributed by atoms with Crippen molar-refractivity contribution >= 4 is 17.4 Å². The minimum Gasteiger partial charge on any atom is -0.376 e. The zero-order valence-corrected chi connectivity index (χ0v) is 12.8.